The molecule has 0 nitrogen and oxygen atoms in total. The fourth-order valence-corrected chi connectivity index (χ4v) is 4.10. The molecule has 1 heteroatoms. The van der Waals surface area contributed by atoms with Crippen LogP contribution in [0.1, 0.15) is 5.56 Å². The lowest BCUT2D eigenvalue weighted by atomic mass is 10.2. The van der Waals surface area contributed by atoms with E-state index in [1.165, 1.54) is 16.8 Å². The highest BCUT2D eigenvalue weighted by molar-refractivity contribution is 6.90. The average molecular weight is 252 g/mol. The zero-order valence-corrected chi connectivity index (χ0v) is 12.1. The maximum Gasteiger partial charge on any atom is 0.0843 e. The van der Waals surface area contributed by atoms with Gasteiger partial charge in [-0.25, -0.2) is 0 Å². The molecule has 0 aliphatic carbocycles. The minimum Gasteiger partial charge on any atom is -0.0863 e. The lowest BCUT2D eigenvalue weighted by Gasteiger charge is -2.20. The Morgan fingerprint density at radius 2 is 1.39 bits per heavy atom. The SMILES string of the molecule is C[Si](C)(CC=Cc1ccccc1)c1ccccc1. The van der Waals surface area contributed by atoms with E-state index in [4.69, 9.17) is 0 Å². The van der Waals surface area contributed by atoms with Gasteiger partial charge in [0, 0.05) is 0 Å². The van der Waals surface area contributed by atoms with Crippen LogP contribution < -0.4 is 5.19 Å². The van der Waals surface area contributed by atoms with E-state index in [1.807, 2.05) is 0 Å². The molecule has 0 spiro atoms. The molecule has 0 fully saturated rings. The van der Waals surface area contributed by atoms with Gasteiger partial charge in [-0.2, -0.15) is 0 Å². The van der Waals surface area contributed by atoms with Crippen molar-refractivity contribution in [2.75, 3.05) is 0 Å². The zero-order valence-electron chi connectivity index (χ0n) is 11.1. The minimum atomic E-state index is -1.32. The zero-order chi connectivity index (χ0) is 12.8. The van der Waals surface area contributed by atoms with Crippen LogP contribution in [0.2, 0.25) is 19.1 Å². The monoisotopic (exact) mass is 252 g/mol. The average Bonchev–Trinajstić information content (AvgIpc) is 2.41. The molecule has 0 N–H and O–H groups in total. The molecule has 2 aromatic carbocycles. The molecule has 0 bridgehead atoms. The highest BCUT2D eigenvalue weighted by atomic mass is 28.3. The van der Waals surface area contributed by atoms with Crippen molar-refractivity contribution >= 4 is 19.3 Å². The van der Waals surface area contributed by atoms with Crippen LogP contribution in [0, 0.1) is 0 Å². The number of rotatable bonds is 4. The summed E-state index contributed by atoms with van der Waals surface area (Å²) < 4.78 is 0. The van der Waals surface area contributed by atoms with Crippen LogP contribution in [-0.4, -0.2) is 8.07 Å². The molecule has 0 amide bonds. The van der Waals surface area contributed by atoms with Gasteiger partial charge in [-0.1, -0.05) is 91.1 Å². The van der Waals surface area contributed by atoms with Gasteiger partial charge in [0.15, 0.2) is 0 Å². The molecule has 0 saturated carbocycles. The molecule has 0 radical (unpaired) electrons. The molecule has 0 aromatic heterocycles. The summed E-state index contributed by atoms with van der Waals surface area (Å²) in [7, 11) is -1.32. The van der Waals surface area contributed by atoms with E-state index in [2.05, 4.69) is 85.9 Å². The molecule has 0 saturated heterocycles. The van der Waals surface area contributed by atoms with Crippen molar-refractivity contribution in [3.63, 3.8) is 0 Å². The second-order valence-corrected chi connectivity index (χ2v) is 10.0. The highest BCUT2D eigenvalue weighted by Gasteiger charge is 2.20. The first-order valence-corrected chi connectivity index (χ1v) is 9.66. The predicted octanol–water partition coefficient (Wildman–Crippen LogP) is 4.32. The Labute approximate surface area is 111 Å². The molecule has 2 rings (SSSR count). The van der Waals surface area contributed by atoms with Gasteiger partial charge in [-0.05, 0) is 11.6 Å². The van der Waals surface area contributed by atoms with Gasteiger partial charge in [0.2, 0.25) is 0 Å². The number of hydrogen-bond acceptors (Lipinski definition) is 0. The van der Waals surface area contributed by atoms with Gasteiger partial charge in [-0.15, -0.1) is 0 Å². The summed E-state index contributed by atoms with van der Waals surface area (Å²) in [4.78, 5) is 0. The Bertz CT molecular complexity index is 498. The van der Waals surface area contributed by atoms with Gasteiger partial charge >= 0.3 is 0 Å². The molecule has 2 aromatic rings. The van der Waals surface area contributed by atoms with Crippen LogP contribution in [0.15, 0.2) is 66.7 Å². The number of hydrogen-bond donors (Lipinski definition) is 0. The smallest absolute Gasteiger partial charge is 0.0843 e. The van der Waals surface area contributed by atoms with E-state index >= 15 is 0 Å². The Kier molecular flexibility index (Phi) is 4.16. The van der Waals surface area contributed by atoms with Gasteiger partial charge in [-0.3, -0.25) is 0 Å². The molecule has 18 heavy (non-hydrogen) atoms. The number of benzene rings is 2. The molecule has 0 aliphatic heterocycles. The van der Waals surface area contributed by atoms with E-state index in [-0.39, 0.29) is 0 Å². The van der Waals surface area contributed by atoms with Crippen molar-refractivity contribution in [1.82, 2.24) is 0 Å². The molecular formula is C17H20Si. The minimum absolute atomic E-state index is 1.19. The molecule has 0 unspecified atom stereocenters. The summed E-state index contributed by atoms with van der Waals surface area (Å²) in [6.45, 7) is 4.86. The lowest BCUT2D eigenvalue weighted by Crippen LogP contribution is -2.40. The summed E-state index contributed by atoms with van der Waals surface area (Å²) in [5.74, 6) is 0. The van der Waals surface area contributed by atoms with Crippen molar-refractivity contribution in [1.29, 1.82) is 0 Å². The summed E-state index contributed by atoms with van der Waals surface area (Å²) in [5.41, 5.74) is 1.29. The maximum atomic E-state index is 2.43. The van der Waals surface area contributed by atoms with Crippen molar-refractivity contribution in [2.45, 2.75) is 19.1 Å². The van der Waals surface area contributed by atoms with Crippen molar-refractivity contribution in [2.24, 2.45) is 0 Å². The molecule has 0 aliphatic rings. The summed E-state index contributed by atoms with van der Waals surface area (Å²) in [6, 6.07) is 22.6. The van der Waals surface area contributed by atoms with Crippen LogP contribution in [0.3, 0.4) is 0 Å². The van der Waals surface area contributed by atoms with Crippen LogP contribution in [0.25, 0.3) is 6.08 Å². The topological polar surface area (TPSA) is 0 Å². The fraction of sp³-hybridized carbons (Fsp3) is 0.176. The van der Waals surface area contributed by atoms with E-state index in [0.717, 1.165) is 0 Å². The second kappa shape index (κ2) is 5.83. The largest absolute Gasteiger partial charge is 0.0863 e. The predicted molar refractivity (Wildman–Crippen MR) is 83.8 cm³/mol. The summed E-state index contributed by atoms with van der Waals surface area (Å²) in [5, 5.41) is 1.53. The van der Waals surface area contributed by atoms with Crippen LogP contribution >= 0.6 is 0 Å². The normalized spacial score (nSPS) is 11.9. The first kappa shape index (κ1) is 12.8. The van der Waals surface area contributed by atoms with Gasteiger partial charge in [0.1, 0.15) is 0 Å². The van der Waals surface area contributed by atoms with E-state index in [1.54, 1.807) is 0 Å². The van der Waals surface area contributed by atoms with Gasteiger partial charge in [0.25, 0.3) is 0 Å². The molecular weight excluding hydrogens is 232 g/mol. The standard InChI is InChI=1S/C17H20Si/c1-18(2,17-13-7-4-8-14-17)15-9-12-16-10-5-3-6-11-16/h3-14H,15H2,1-2H3. The first-order valence-electron chi connectivity index (χ1n) is 6.46. The Balaban J connectivity index is 2.04. The Morgan fingerprint density at radius 1 is 0.833 bits per heavy atom. The Hall–Kier alpha value is -1.60. The van der Waals surface area contributed by atoms with Crippen LogP contribution in [0.5, 0.6) is 0 Å². The van der Waals surface area contributed by atoms with E-state index in [9.17, 15) is 0 Å². The van der Waals surface area contributed by atoms with Crippen molar-refractivity contribution in [3.05, 3.63) is 72.3 Å². The third-order valence-corrected chi connectivity index (χ3v) is 6.45. The highest BCUT2D eigenvalue weighted by Crippen LogP contribution is 2.12. The van der Waals surface area contributed by atoms with Gasteiger partial charge in [0.05, 0.1) is 8.07 Å². The Morgan fingerprint density at radius 3 is 2.00 bits per heavy atom. The summed E-state index contributed by atoms with van der Waals surface area (Å²) in [6.07, 6.45) is 4.56. The first-order chi connectivity index (χ1) is 8.68. The molecule has 0 heterocycles. The van der Waals surface area contributed by atoms with E-state index < -0.39 is 8.07 Å². The van der Waals surface area contributed by atoms with Crippen LogP contribution in [0.4, 0.5) is 0 Å². The fourth-order valence-electron chi connectivity index (χ4n) is 2.06. The summed E-state index contributed by atoms with van der Waals surface area (Å²) >= 11 is 0. The van der Waals surface area contributed by atoms with Crippen molar-refractivity contribution in [3.8, 4) is 0 Å². The lowest BCUT2D eigenvalue weighted by molar-refractivity contribution is 1.53. The van der Waals surface area contributed by atoms with Crippen molar-refractivity contribution < 1.29 is 0 Å². The third-order valence-electron chi connectivity index (χ3n) is 3.29. The molecule has 92 valence electrons. The van der Waals surface area contributed by atoms with E-state index in [0.29, 0.717) is 0 Å². The molecule has 0 atom stereocenters. The quantitative estimate of drug-likeness (QED) is 0.711. The van der Waals surface area contributed by atoms with Crippen LogP contribution in [-0.2, 0) is 0 Å². The maximum absolute atomic E-state index is 2.43. The second-order valence-electron chi connectivity index (χ2n) is 5.27. The van der Waals surface area contributed by atoms with Gasteiger partial charge < -0.3 is 0 Å². The number of allylic oxidation sites excluding steroid dienone is 1. The third kappa shape index (κ3) is 3.44.